The number of hydrogen-bond acceptors (Lipinski definition) is 6. The van der Waals surface area contributed by atoms with Gasteiger partial charge in [0.2, 0.25) is 5.95 Å². The number of nitrogens with two attached hydrogens (primary N) is 1. The molecule has 104 valence electrons. The molecule has 1 aromatic heterocycles. The largest absolute Gasteiger partial charge is 0.432 e. The average Bonchev–Trinajstić information content (AvgIpc) is 2.32. The zero-order valence-electron chi connectivity index (χ0n) is 10.1. The molecule has 0 saturated carbocycles. The van der Waals surface area contributed by atoms with Crippen LogP contribution >= 0.6 is 27.5 Å². The van der Waals surface area contributed by atoms with Crippen LogP contribution < -0.4 is 10.5 Å². The molecule has 0 bridgehead atoms. The fraction of sp³-hybridized carbons (Fsp3) is 0.0909. The Morgan fingerprint density at radius 3 is 2.80 bits per heavy atom. The van der Waals surface area contributed by atoms with Crippen molar-refractivity contribution in [1.29, 1.82) is 0 Å². The zero-order chi connectivity index (χ0) is 14.9. The molecule has 0 atom stereocenters. The second-order valence-corrected chi connectivity index (χ2v) is 5.08. The van der Waals surface area contributed by atoms with Gasteiger partial charge in [0.15, 0.2) is 0 Å². The minimum atomic E-state index is -0.629. The molecule has 0 unspecified atom stereocenters. The molecule has 0 saturated heterocycles. The minimum Gasteiger partial charge on any atom is -0.432 e. The summed E-state index contributed by atoms with van der Waals surface area (Å²) < 4.78 is 6.12. The van der Waals surface area contributed by atoms with Gasteiger partial charge >= 0.3 is 11.6 Å². The van der Waals surface area contributed by atoms with Gasteiger partial charge in [0.25, 0.3) is 0 Å². The molecule has 0 radical (unpaired) electrons. The van der Waals surface area contributed by atoms with E-state index in [9.17, 15) is 10.1 Å². The minimum absolute atomic E-state index is 0.114. The van der Waals surface area contributed by atoms with Gasteiger partial charge in [-0.2, -0.15) is 4.98 Å². The van der Waals surface area contributed by atoms with E-state index >= 15 is 0 Å². The van der Waals surface area contributed by atoms with E-state index in [2.05, 4.69) is 25.9 Å². The van der Waals surface area contributed by atoms with Crippen LogP contribution in [0.1, 0.15) is 5.69 Å². The van der Waals surface area contributed by atoms with E-state index in [0.29, 0.717) is 4.47 Å². The van der Waals surface area contributed by atoms with Crippen molar-refractivity contribution in [2.24, 2.45) is 0 Å². The van der Waals surface area contributed by atoms with E-state index in [1.54, 1.807) is 18.2 Å². The summed E-state index contributed by atoms with van der Waals surface area (Å²) in [6, 6.07) is 4.87. The van der Waals surface area contributed by atoms with E-state index in [4.69, 9.17) is 22.1 Å². The summed E-state index contributed by atoms with van der Waals surface area (Å²) in [6.07, 6.45) is 0. The van der Waals surface area contributed by atoms with Crippen molar-refractivity contribution in [3.8, 4) is 11.6 Å². The maximum atomic E-state index is 11.1. The van der Waals surface area contributed by atoms with E-state index in [1.807, 2.05) is 0 Å². The summed E-state index contributed by atoms with van der Waals surface area (Å²) in [5.41, 5.74) is 5.25. The second kappa shape index (κ2) is 5.59. The third-order valence-corrected chi connectivity index (χ3v) is 3.13. The number of anilines is 1. The third kappa shape index (κ3) is 2.97. The molecule has 0 aliphatic carbocycles. The summed E-state index contributed by atoms with van der Waals surface area (Å²) in [7, 11) is 0. The van der Waals surface area contributed by atoms with Crippen LogP contribution in [0.25, 0.3) is 0 Å². The van der Waals surface area contributed by atoms with Crippen LogP contribution in [0.15, 0.2) is 22.7 Å². The van der Waals surface area contributed by atoms with Gasteiger partial charge in [0.1, 0.15) is 11.4 Å². The van der Waals surface area contributed by atoms with Crippen molar-refractivity contribution in [2.45, 2.75) is 6.92 Å². The monoisotopic (exact) mass is 358 g/mol. The highest BCUT2D eigenvalue weighted by Gasteiger charge is 2.24. The van der Waals surface area contributed by atoms with E-state index < -0.39 is 4.92 Å². The van der Waals surface area contributed by atoms with E-state index in [1.165, 1.54) is 6.92 Å². The second-order valence-electron chi connectivity index (χ2n) is 3.75. The molecule has 0 aliphatic rings. The molecule has 0 fully saturated rings. The van der Waals surface area contributed by atoms with Crippen LogP contribution in [0, 0.1) is 17.0 Å². The SMILES string of the molecule is Cc1nc(N)nc(Oc2cc(Br)ccc2Cl)c1[N+](=O)[O-]. The molecule has 20 heavy (non-hydrogen) atoms. The Bertz CT molecular complexity index is 696. The number of aryl methyl sites for hydroxylation is 1. The summed E-state index contributed by atoms with van der Waals surface area (Å²) in [4.78, 5) is 17.9. The van der Waals surface area contributed by atoms with Gasteiger partial charge in [-0.05, 0) is 25.1 Å². The quantitative estimate of drug-likeness (QED) is 0.664. The van der Waals surface area contributed by atoms with Crippen molar-refractivity contribution >= 4 is 39.2 Å². The van der Waals surface area contributed by atoms with Crippen molar-refractivity contribution in [3.05, 3.63) is 43.5 Å². The summed E-state index contributed by atoms with van der Waals surface area (Å²) in [6.45, 7) is 1.45. The highest BCUT2D eigenvalue weighted by atomic mass is 79.9. The molecule has 1 heterocycles. The van der Waals surface area contributed by atoms with Crippen LogP contribution in [0.3, 0.4) is 0 Å². The van der Waals surface area contributed by atoms with Crippen molar-refractivity contribution in [2.75, 3.05) is 5.73 Å². The Balaban J connectivity index is 2.53. The van der Waals surface area contributed by atoms with Gasteiger partial charge in [0.05, 0.1) is 9.95 Å². The fourth-order valence-corrected chi connectivity index (χ4v) is 2.00. The molecule has 0 amide bonds. The number of ether oxygens (including phenoxy) is 1. The molecular formula is C11H8BrClN4O3. The number of hydrogen-bond donors (Lipinski definition) is 1. The first-order chi connectivity index (χ1) is 9.38. The fourth-order valence-electron chi connectivity index (χ4n) is 1.50. The number of nitrogen functional groups attached to an aromatic ring is 1. The average molecular weight is 360 g/mol. The maximum Gasteiger partial charge on any atom is 0.352 e. The molecule has 2 aromatic rings. The molecule has 7 nitrogen and oxygen atoms in total. The van der Waals surface area contributed by atoms with Crippen LogP contribution in [-0.4, -0.2) is 14.9 Å². The number of halogens is 2. The lowest BCUT2D eigenvalue weighted by molar-refractivity contribution is -0.386. The van der Waals surface area contributed by atoms with Gasteiger partial charge in [-0.3, -0.25) is 10.1 Å². The molecule has 2 N–H and O–H groups in total. The lowest BCUT2D eigenvalue weighted by atomic mass is 10.3. The number of benzene rings is 1. The predicted octanol–water partition coefficient (Wildman–Crippen LogP) is 3.48. The Kier molecular flexibility index (Phi) is 4.05. The smallest absolute Gasteiger partial charge is 0.352 e. The summed E-state index contributed by atoms with van der Waals surface area (Å²) in [5, 5.41) is 11.3. The maximum absolute atomic E-state index is 11.1. The van der Waals surface area contributed by atoms with Crippen LogP contribution in [0.2, 0.25) is 5.02 Å². The zero-order valence-corrected chi connectivity index (χ0v) is 12.5. The predicted molar refractivity (Wildman–Crippen MR) is 77.1 cm³/mol. The number of nitro groups is 1. The Morgan fingerprint density at radius 2 is 2.15 bits per heavy atom. The van der Waals surface area contributed by atoms with Gasteiger partial charge in [-0.1, -0.05) is 27.5 Å². The molecular weight excluding hydrogens is 352 g/mol. The number of rotatable bonds is 3. The van der Waals surface area contributed by atoms with E-state index in [-0.39, 0.29) is 34.0 Å². The van der Waals surface area contributed by atoms with Gasteiger partial charge < -0.3 is 10.5 Å². The van der Waals surface area contributed by atoms with Crippen LogP contribution in [0.5, 0.6) is 11.6 Å². The molecule has 9 heteroatoms. The Morgan fingerprint density at radius 1 is 1.45 bits per heavy atom. The normalized spacial score (nSPS) is 10.3. The van der Waals surface area contributed by atoms with Crippen molar-refractivity contribution in [1.82, 2.24) is 9.97 Å². The highest BCUT2D eigenvalue weighted by molar-refractivity contribution is 9.10. The molecule has 1 aromatic carbocycles. The van der Waals surface area contributed by atoms with Crippen LogP contribution in [0.4, 0.5) is 11.6 Å². The van der Waals surface area contributed by atoms with Crippen molar-refractivity contribution < 1.29 is 9.66 Å². The topological polar surface area (TPSA) is 104 Å². The number of aromatic nitrogens is 2. The third-order valence-electron chi connectivity index (χ3n) is 2.33. The lowest BCUT2D eigenvalue weighted by Crippen LogP contribution is -2.04. The first-order valence-corrected chi connectivity index (χ1v) is 6.47. The summed E-state index contributed by atoms with van der Waals surface area (Å²) >= 11 is 9.22. The Labute approximate surface area is 127 Å². The molecule has 2 rings (SSSR count). The lowest BCUT2D eigenvalue weighted by Gasteiger charge is -2.08. The van der Waals surface area contributed by atoms with E-state index in [0.717, 1.165) is 0 Å². The molecule has 0 spiro atoms. The summed E-state index contributed by atoms with van der Waals surface area (Å²) in [5.74, 6) is -0.143. The van der Waals surface area contributed by atoms with Gasteiger partial charge in [0, 0.05) is 4.47 Å². The first-order valence-electron chi connectivity index (χ1n) is 5.30. The Hall–Kier alpha value is -1.93. The standard InChI is InChI=1S/C11H8BrClN4O3/c1-5-9(17(18)19)10(16-11(14)15-5)20-8-4-6(12)2-3-7(8)13/h2-4H,1H3,(H2,14,15,16). The molecule has 0 aliphatic heterocycles. The number of nitrogens with zero attached hydrogens (tertiary/aromatic N) is 3. The van der Waals surface area contributed by atoms with Gasteiger partial charge in [-0.15, -0.1) is 0 Å². The highest BCUT2D eigenvalue weighted by Crippen LogP contribution is 2.36. The van der Waals surface area contributed by atoms with Crippen LogP contribution in [-0.2, 0) is 0 Å². The van der Waals surface area contributed by atoms with Crippen molar-refractivity contribution in [3.63, 3.8) is 0 Å². The first kappa shape index (κ1) is 14.5. The van der Waals surface area contributed by atoms with Gasteiger partial charge in [-0.25, -0.2) is 4.98 Å².